The summed E-state index contributed by atoms with van der Waals surface area (Å²) in [6, 6.07) is 13.9. The first-order valence-electron chi connectivity index (χ1n) is 7.65. The minimum absolute atomic E-state index is 0.357. The van der Waals surface area contributed by atoms with E-state index in [1.54, 1.807) is 6.33 Å². The van der Waals surface area contributed by atoms with Crippen LogP contribution in [-0.2, 0) is 11.2 Å². The van der Waals surface area contributed by atoms with Crippen LogP contribution in [0.4, 0.5) is 11.5 Å². The largest absolute Gasteiger partial charge is 0.348 e. The van der Waals surface area contributed by atoms with Gasteiger partial charge in [0.25, 0.3) is 0 Å². The van der Waals surface area contributed by atoms with E-state index in [0.717, 1.165) is 32.4 Å². The molecule has 0 bridgehead atoms. The van der Waals surface area contributed by atoms with Crippen molar-refractivity contribution < 1.29 is 4.79 Å². The molecule has 124 valence electrons. The molecular weight excluding hydrogens is 380 g/mol. The number of rotatable bonds is 5. The molecule has 2 aromatic carbocycles. The maximum absolute atomic E-state index is 10.2. The predicted octanol–water partition coefficient (Wildman–Crippen LogP) is 3.43. The first-order valence-corrected chi connectivity index (χ1v) is 8.44. The van der Waals surface area contributed by atoms with Gasteiger partial charge < -0.3 is 10.6 Å². The van der Waals surface area contributed by atoms with Crippen LogP contribution < -0.4 is 10.6 Å². The van der Waals surface area contributed by atoms with Crippen LogP contribution >= 0.6 is 15.9 Å². The average Bonchev–Trinajstić information content (AvgIpc) is 2.62. The van der Waals surface area contributed by atoms with E-state index in [1.807, 2.05) is 42.5 Å². The Labute approximate surface area is 154 Å². The molecule has 3 aromatic rings. The molecule has 1 aromatic heterocycles. The molecule has 25 heavy (non-hydrogen) atoms. The summed E-state index contributed by atoms with van der Waals surface area (Å²) in [6.45, 7) is 0.357. The van der Waals surface area contributed by atoms with Gasteiger partial charge in [0, 0.05) is 22.0 Å². The summed E-state index contributed by atoms with van der Waals surface area (Å²) < 4.78 is 0.996. The molecule has 1 heterocycles. The topological polar surface area (TPSA) is 66.9 Å². The molecule has 0 aliphatic carbocycles. The normalized spacial score (nSPS) is 9.96. The van der Waals surface area contributed by atoms with Gasteiger partial charge in [-0.2, -0.15) is 0 Å². The molecule has 5 nitrogen and oxygen atoms in total. The fourth-order valence-corrected chi connectivity index (χ4v) is 2.74. The highest BCUT2D eigenvalue weighted by molar-refractivity contribution is 9.10. The highest BCUT2D eigenvalue weighted by Gasteiger charge is 2.05. The lowest BCUT2D eigenvalue weighted by Gasteiger charge is -2.09. The zero-order valence-corrected chi connectivity index (χ0v) is 14.9. The Bertz CT molecular complexity index is 962. The summed E-state index contributed by atoms with van der Waals surface area (Å²) in [6.07, 6.45) is 2.79. The van der Waals surface area contributed by atoms with E-state index >= 15 is 0 Å². The highest BCUT2D eigenvalue weighted by atomic mass is 79.9. The molecule has 0 saturated heterocycles. The molecular formula is C19H15BrN4O. The lowest BCUT2D eigenvalue weighted by molar-refractivity contribution is -0.109. The highest BCUT2D eigenvalue weighted by Crippen LogP contribution is 2.25. The molecule has 0 aliphatic rings. The summed E-state index contributed by atoms with van der Waals surface area (Å²) in [5.74, 6) is 6.69. The smallest absolute Gasteiger partial charge is 0.207 e. The molecule has 0 spiro atoms. The lowest BCUT2D eigenvalue weighted by Crippen LogP contribution is -2.09. The Hall–Kier alpha value is -2.91. The van der Waals surface area contributed by atoms with Crippen molar-refractivity contribution in [1.82, 2.24) is 15.3 Å². The summed E-state index contributed by atoms with van der Waals surface area (Å²) in [4.78, 5) is 18.9. The lowest BCUT2D eigenvalue weighted by atomic mass is 10.1. The number of aromatic nitrogens is 2. The van der Waals surface area contributed by atoms with Gasteiger partial charge in [0.2, 0.25) is 6.41 Å². The van der Waals surface area contributed by atoms with Crippen molar-refractivity contribution in [3.63, 3.8) is 0 Å². The number of nitrogens with one attached hydrogen (secondary N) is 2. The van der Waals surface area contributed by atoms with E-state index in [1.165, 1.54) is 0 Å². The summed E-state index contributed by atoms with van der Waals surface area (Å²) in [7, 11) is 0. The molecule has 0 unspecified atom stereocenters. The van der Waals surface area contributed by atoms with Crippen LogP contribution in [0.15, 0.2) is 53.3 Å². The van der Waals surface area contributed by atoms with Crippen molar-refractivity contribution in [3.8, 4) is 11.8 Å². The number of hydrogen-bond acceptors (Lipinski definition) is 4. The number of anilines is 2. The number of nitrogens with zero attached hydrogens (tertiary/aromatic N) is 2. The molecule has 0 fully saturated rings. The van der Waals surface area contributed by atoms with E-state index in [2.05, 4.69) is 48.4 Å². The van der Waals surface area contributed by atoms with Crippen molar-refractivity contribution in [2.45, 2.75) is 6.42 Å². The first-order chi connectivity index (χ1) is 12.3. The summed E-state index contributed by atoms with van der Waals surface area (Å²) >= 11 is 3.47. The van der Waals surface area contributed by atoms with Gasteiger partial charge >= 0.3 is 0 Å². The van der Waals surface area contributed by atoms with Gasteiger partial charge in [0.05, 0.1) is 12.1 Å². The van der Waals surface area contributed by atoms with Crippen molar-refractivity contribution in [1.29, 1.82) is 0 Å². The second-order valence-corrected chi connectivity index (χ2v) is 6.15. The maximum atomic E-state index is 10.2. The van der Waals surface area contributed by atoms with Crippen LogP contribution in [0.1, 0.15) is 5.56 Å². The molecule has 0 saturated carbocycles. The number of fused-ring (bicyclic) bond motifs is 1. The quantitative estimate of drug-likeness (QED) is 0.395. The molecule has 0 atom stereocenters. The second-order valence-electron chi connectivity index (χ2n) is 5.24. The third kappa shape index (κ3) is 4.55. The van der Waals surface area contributed by atoms with E-state index in [-0.39, 0.29) is 0 Å². The number of hydrogen-bond donors (Lipinski definition) is 2. The van der Waals surface area contributed by atoms with Crippen LogP contribution in [0.25, 0.3) is 10.9 Å². The third-order valence-electron chi connectivity index (χ3n) is 3.48. The molecule has 0 radical (unpaired) electrons. The molecule has 2 N–H and O–H groups in total. The third-order valence-corrected chi connectivity index (χ3v) is 3.97. The van der Waals surface area contributed by atoms with Gasteiger partial charge in [0.15, 0.2) is 0 Å². The first kappa shape index (κ1) is 16.9. The Morgan fingerprint density at radius 2 is 2.04 bits per heavy atom. The SMILES string of the molecule is O=CNCC#CCc1ccc2ncnc(Nc3cccc(Br)c3)c2c1. The second kappa shape index (κ2) is 8.27. The number of halogens is 1. The fraction of sp³-hybridized carbons (Fsp3) is 0.105. The van der Waals surface area contributed by atoms with Crippen molar-refractivity contribution in [2.24, 2.45) is 0 Å². The van der Waals surface area contributed by atoms with Crippen LogP contribution in [0.5, 0.6) is 0 Å². The van der Waals surface area contributed by atoms with E-state index < -0.39 is 0 Å². The van der Waals surface area contributed by atoms with E-state index in [0.29, 0.717) is 19.4 Å². The Morgan fingerprint density at radius 3 is 2.88 bits per heavy atom. The zero-order chi connectivity index (χ0) is 17.5. The number of carbonyl (C=O) groups excluding carboxylic acids is 1. The number of carbonyl (C=O) groups is 1. The van der Waals surface area contributed by atoms with Crippen LogP contribution in [0.3, 0.4) is 0 Å². The minimum Gasteiger partial charge on any atom is -0.348 e. The Balaban J connectivity index is 1.86. The predicted molar refractivity (Wildman–Crippen MR) is 103 cm³/mol. The zero-order valence-electron chi connectivity index (χ0n) is 13.3. The van der Waals surface area contributed by atoms with Crippen LogP contribution in [-0.4, -0.2) is 22.9 Å². The minimum atomic E-state index is 0.357. The maximum Gasteiger partial charge on any atom is 0.207 e. The average molecular weight is 395 g/mol. The Morgan fingerprint density at radius 1 is 1.12 bits per heavy atom. The molecule has 6 heteroatoms. The number of benzene rings is 2. The summed E-state index contributed by atoms with van der Waals surface area (Å²) in [5, 5.41) is 6.79. The van der Waals surface area contributed by atoms with Gasteiger partial charge in [-0.25, -0.2) is 9.97 Å². The summed E-state index contributed by atoms with van der Waals surface area (Å²) in [5.41, 5.74) is 2.88. The molecule has 0 aliphatic heterocycles. The monoisotopic (exact) mass is 394 g/mol. The van der Waals surface area contributed by atoms with Crippen LogP contribution in [0.2, 0.25) is 0 Å². The molecule has 3 rings (SSSR count). The Kier molecular flexibility index (Phi) is 5.60. The van der Waals surface area contributed by atoms with E-state index in [9.17, 15) is 4.79 Å². The van der Waals surface area contributed by atoms with Gasteiger partial charge in [-0.15, -0.1) is 0 Å². The van der Waals surface area contributed by atoms with Crippen molar-refractivity contribution >= 4 is 44.7 Å². The van der Waals surface area contributed by atoms with Crippen LogP contribution in [0, 0.1) is 11.8 Å². The van der Waals surface area contributed by atoms with Gasteiger partial charge in [-0.05, 0) is 35.9 Å². The van der Waals surface area contributed by atoms with Gasteiger partial charge in [-0.3, -0.25) is 4.79 Å². The number of amides is 1. The van der Waals surface area contributed by atoms with Crippen molar-refractivity contribution in [2.75, 3.05) is 11.9 Å². The molecule has 1 amide bonds. The van der Waals surface area contributed by atoms with Crippen molar-refractivity contribution in [3.05, 3.63) is 58.8 Å². The fourth-order valence-electron chi connectivity index (χ4n) is 2.34. The standard InChI is InChI=1S/C19H15BrN4O/c20-15-5-3-6-16(11-15)24-19-17-10-14(4-1-2-9-21-13-25)7-8-18(17)22-12-23-19/h3,5-8,10-13H,4,9H2,(H,21,25)(H,22,23,24). The van der Waals surface area contributed by atoms with E-state index in [4.69, 9.17) is 0 Å². The van der Waals surface area contributed by atoms with Gasteiger partial charge in [0.1, 0.15) is 12.1 Å². The van der Waals surface area contributed by atoms with Gasteiger partial charge in [-0.1, -0.05) is 39.9 Å².